The van der Waals surface area contributed by atoms with Gasteiger partial charge in [0, 0.05) is 31.3 Å². The first-order chi connectivity index (χ1) is 22.7. The van der Waals surface area contributed by atoms with Gasteiger partial charge in [-0.25, -0.2) is 4.98 Å². The maximum atomic E-state index is 13.7. The molecule has 9 nitrogen and oxygen atoms in total. The van der Waals surface area contributed by atoms with Crippen LogP contribution in [0.5, 0.6) is 5.75 Å². The van der Waals surface area contributed by atoms with Gasteiger partial charge < -0.3 is 34.9 Å². The van der Waals surface area contributed by atoms with Gasteiger partial charge >= 0.3 is 6.18 Å². The van der Waals surface area contributed by atoms with E-state index in [9.17, 15) is 18.0 Å². The average Bonchev–Trinajstić information content (AvgIpc) is 3.67. The van der Waals surface area contributed by atoms with Gasteiger partial charge in [0.15, 0.2) is 5.82 Å². The van der Waals surface area contributed by atoms with Gasteiger partial charge in [-0.2, -0.15) is 13.2 Å². The number of halogens is 3. The van der Waals surface area contributed by atoms with Crippen molar-refractivity contribution in [3.8, 4) is 17.6 Å². The number of carbonyl (C=O) groups is 1. The van der Waals surface area contributed by atoms with Crippen molar-refractivity contribution in [2.75, 3.05) is 57.6 Å². The molecule has 0 unspecified atom stereocenters. The number of benzene rings is 2. The van der Waals surface area contributed by atoms with Crippen LogP contribution in [0.25, 0.3) is 11.0 Å². The Hall–Kier alpha value is -3.95. The Bertz CT molecular complexity index is 1620. The Kier molecular flexibility index (Phi) is 9.85. The van der Waals surface area contributed by atoms with Gasteiger partial charge in [0.1, 0.15) is 17.8 Å². The molecule has 0 bridgehead atoms. The molecule has 1 saturated carbocycles. The number of amides is 1. The molecule has 6 rings (SSSR count). The highest BCUT2D eigenvalue weighted by Gasteiger charge is 2.40. The predicted octanol–water partition coefficient (Wildman–Crippen LogP) is 5.66. The summed E-state index contributed by atoms with van der Waals surface area (Å²) in [7, 11) is 3.04. The quantitative estimate of drug-likeness (QED) is 0.271. The van der Waals surface area contributed by atoms with Crippen LogP contribution in [0.15, 0.2) is 36.4 Å². The number of nitrogens with one attached hydrogen (secondary N) is 3. The number of alkyl halides is 3. The van der Waals surface area contributed by atoms with Crippen molar-refractivity contribution in [2.24, 2.45) is 5.41 Å². The minimum Gasteiger partial charge on any atom is -0.495 e. The van der Waals surface area contributed by atoms with Crippen molar-refractivity contribution in [3.63, 3.8) is 0 Å². The fourth-order valence-corrected chi connectivity index (χ4v) is 7.30. The molecule has 2 saturated heterocycles. The Labute approximate surface area is 273 Å². The lowest BCUT2D eigenvalue weighted by molar-refractivity contribution is -0.140. The number of piperidine rings is 1. The minimum atomic E-state index is -4.44. The van der Waals surface area contributed by atoms with Crippen LogP contribution in [0.2, 0.25) is 0 Å². The van der Waals surface area contributed by atoms with E-state index in [2.05, 4.69) is 37.7 Å². The van der Waals surface area contributed by atoms with E-state index in [4.69, 9.17) is 9.47 Å². The second kappa shape index (κ2) is 14.0. The maximum Gasteiger partial charge on any atom is 0.406 e. The predicted molar refractivity (Wildman–Crippen MR) is 176 cm³/mol. The monoisotopic (exact) mass is 652 g/mol. The van der Waals surface area contributed by atoms with Crippen LogP contribution in [0.4, 0.5) is 24.5 Å². The summed E-state index contributed by atoms with van der Waals surface area (Å²) in [5, 5.41) is 9.29. The SMILES string of the molecule is CNC(=O)c1ccc(NCC#Cc2nc3c(NC4CCC(N5CCC6(CCOC6)CC5)CC4)cccc3n2CC(F)(F)F)c(OC)c1. The van der Waals surface area contributed by atoms with Crippen molar-refractivity contribution in [2.45, 2.75) is 69.8 Å². The number of hydrogen-bond acceptors (Lipinski definition) is 7. The number of likely N-dealkylation sites (tertiary alicyclic amines) is 1. The number of para-hydroxylation sites is 1. The highest BCUT2D eigenvalue weighted by atomic mass is 19.4. The summed E-state index contributed by atoms with van der Waals surface area (Å²) in [6.45, 7) is 3.03. The van der Waals surface area contributed by atoms with Gasteiger partial charge in [0.05, 0.1) is 37.2 Å². The molecular weight excluding hydrogens is 609 g/mol. The van der Waals surface area contributed by atoms with E-state index in [0.29, 0.717) is 39.5 Å². The fraction of sp³-hybridized carbons (Fsp3) is 0.543. The third-order valence-corrected chi connectivity index (χ3v) is 9.99. The summed E-state index contributed by atoms with van der Waals surface area (Å²) in [5.74, 6) is 6.02. The smallest absolute Gasteiger partial charge is 0.406 e. The number of aromatic nitrogens is 2. The summed E-state index contributed by atoms with van der Waals surface area (Å²) >= 11 is 0. The summed E-state index contributed by atoms with van der Waals surface area (Å²) < 4.78 is 53.4. The van der Waals surface area contributed by atoms with E-state index in [0.717, 1.165) is 62.2 Å². The van der Waals surface area contributed by atoms with Gasteiger partial charge in [-0.1, -0.05) is 12.0 Å². The molecule has 12 heteroatoms. The number of imidazole rings is 1. The van der Waals surface area contributed by atoms with E-state index < -0.39 is 12.7 Å². The molecule has 0 atom stereocenters. The summed E-state index contributed by atoms with van der Waals surface area (Å²) in [4.78, 5) is 19.2. The number of methoxy groups -OCH3 is 1. The van der Waals surface area contributed by atoms with Crippen LogP contribution >= 0.6 is 0 Å². The van der Waals surface area contributed by atoms with Crippen LogP contribution in [0.1, 0.15) is 61.1 Å². The van der Waals surface area contributed by atoms with Gasteiger partial charge in [-0.05, 0) is 99.7 Å². The number of anilines is 2. The van der Waals surface area contributed by atoms with Crippen LogP contribution in [0.3, 0.4) is 0 Å². The number of fused-ring (bicyclic) bond motifs is 1. The van der Waals surface area contributed by atoms with Crippen molar-refractivity contribution in [1.82, 2.24) is 19.8 Å². The molecule has 0 radical (unpaired) electrons. The number of ether oxygens (including phenoxy) is 2. The molecule has 3 fully saturated rings. The highest BCUT2D eigenvalue weighted by Crippen LogP contribution is 2.41. The zero-order valence-corrected chi connectivity index (χ0v) is 27.0. The van der Waals surface area contributed by atoms with Gasteiger partial charge in [-0.3, -0.25) is 4.79 Å². The third kappa shape index (κ3) is 7.63. The molecule has 2 aliphatic heterocycles. The lowest BCUT2D eigenvalue weighted by atomic mass is 9.77. The van der Waals surface area contributed by atoms with Crippen LogP contribution < -0.4 is 20.7 Å². The topological polar surface area (TPSA) is 92.7 Å². The number of rotatable bonds is 8. The lowest BCUT2D eigenvalue weighted by Crippen LogP contribution is -2.47. The van der Waals surface area contributed by atoms with Gasteiger partial charge in [-0.15, -0.1) is 0 Å². The molecule has 3 aromatic rings. The first-order valence-electron chi connectivity index (χ1n) is 16.4. The molecule has 47 heavy (non-hydrogen) atoms. The third-order valence-electron chi connectivity index (χ3n) is 9.99. The van der Waals surface area contributed by atoms with Crippen LogP contribution in [0, 0.1) is 17.3 Å². The van der Waals surface area contributed by atoms with E-state index in [-0.39, 0.29) is 24.3 Å². The zero-order chi connectivity index (χ0) is 33.0. The van der Waals surface area contributed by atoms with Crippen molar-refractivity contribution in [1.29, 1.82) is 0 Å². The molecule has 3 N–H and O–H groups in total. The fourth-order valence-electron chi connectivity index (χ4n) is 7.30. The van der Waals surface area contributed by atoms with Gasteiger partial charge in [0.25, 0.3) is 5.91 Å². The molecule has 3 heterocycles. The number of carbonyl (C=O) groups excluding carboxylic acids is 1. The molecular formula is C35H43F3N6O3. The Balaban J connectivity index is 1.13. The normalized spacial score (nSPS) is 21.3. The molecule has 1 amide bonds. The zero-order valence-electron chi connectivity index (χ0n) is 27.0. The van der Waals surface area contributed by atoms with E-state index >= 15 is 0 Å². The van der Waals surface area contributed by atoms with E-state index in [1.807, 2.05) is 6.07 Å². The number of hydrogen-bond donors (Lipinski definition) is 3. The summed E-state index contributed by atoms with van der Waals surface area (Å²) in [5.41, 5.74) is 3.06. The van der Waals surface area contributed by atoms with E-state index in [1.165, 1.54) is 26.4 Å². The van der Waals surface area contributed by atoms with Crippen molar-refractivity contribution in [3.05, 3.63) is 47.8 Å². The van der Waals surface area contributed by atoms with Crippen molar-refractivity contribution < 1.29 is 27.4 Å². The molecule has 1 spiro atoms. The number of nitrogens with zero attached hydrogens (tertiary/aromatic N) is 3. The molecule has 1 aromatic heterocycles. The highest BCUT2D eigenvalue weighted by molar-refractivity contribution is 5.95. The minimum absolute atomic E-state index is 0.0505. The van der Waals surface area contributed by atoms with Crippen LogP contribution in [-0.4, -0.2) is 85.6 Å². The van der Waals surface area contributed by atoms with E-state index in [1.54, 1.807) is 37.4 Å². The lowest BCUT2D eigenvalue weighted by Gasteiger charge is -2.44. The first-order valence-corrected chi connectivity index (χ1v) is 16.4. The van der Waals surface area contributed by atoms with Gasteiger partial charge in [0.2, 0.25) is 0 Å². The first kappa shape index (κ1) is 33.0. The largest absolute Gasteiger partial charge is 0.495 e. The second-order valence-corrected chi connectivity index (χ2v) is 12.9. The Morgan fingerprint density at radius 2 is 1.89 bits per heavy atom. The van der Waals surface area contributed by atoms with Crippen molar-refractivity contribution >= 4 is 28.3 Å². The summed E-state index contributed by atoms with van der Waals surface area (Å²) in [6.07, 6.45) is 3.39. The molecule has 252 valence electrons. The second-order valence-electron chi connectivity index (χ2n) is 12.9. The summed E-state index contributed by atoms with van der Waals surface area (Å²) in [6, 6.07) is 11.1. The standard InChI is InChI=1S/C35H43F3N6O3/c1-39-33(45)24-8-13-27(30(21-24)46-2)40-17-4-7-31-42-32-28(5-3-6-29(32)44(31)22-35(36,37)38)41-25-9-11-26(12-10-25)43-18-14-34(15-19-43)16-20-47-23-34/h3,5-6,8,13,21,25-26,40-41H,9-12,14-20,22-23H2,1-2H3,(H,39,45). The molecule has 1 aliphatic carbocycles. The maximum absolute atomic E-state index is 13.7. The average molecular weight is 653 g/mol. The van der Waals surface area contributed by atoms with Crippen LogP contribution in [-0.2, 0) is 11.3 Å². The molecule has 2 aromatic carbocycles. The Morgan fingerprint density at radius 1 is 1.11 bits per heavy atom. The Morgan fingerprint density at radius 3 is 2.57 bits per heavy atom. The molecule has 3 aliphatic rings.